The summed E-state index contributed by atoms with van der Waals surface area (Å²) in [7, 11) is 0. The first-order chi connectivity index (χ1) is 10.7. The van der Waals surface area contributed by atoms with Crippen LogP contribution in [0.3, 0.4) is 0 Å². The molecule has 1 heterocycles. The molecule has 0 saturated heterocycles. The molecule has 6 heteroatoms. The molecule has 3 rings (SSSR count). The molecule has 0 aliphatic rings. The smallest absolute Gasteiger partial charge is 0.261 e. The van der Waals surface area contributed by atoms with Crippen LogP contribution in [-0.2, 0) is 0 Å². The maximum absolute atomic E-state index is 12.1. The number of nitrogens with zero attached hydrogens (tertiary/aromatic N) is 1. The summed E-state index contributed by atoms with van der Waals surface area (Å²) in [4.78, 5) is 17.5. The molecule has 0 aliphatic heterocycles. The number of rotatable bonds is 4. The minimum Gasteiger partial charge on any atom is -0.292 e. The summed E-state index contributed by atoms with van der Waals surface area (Å²) in [5.74, 6) is -0.110. The maximum Gasteiger partial charge on any atom is 0.261 e. The van der Waals surface area contributed by atoms with Gasteiger partial charge in [0, 0.05) is 21.4 Å². The first-order valence-corrected chi connectivity index (χ1v) is 8.95. The zero-order chi connectivity index (χ0) is 15.4. The van der Waals surface area contributed by atoms with Crippen LogP contribution in [0.2, 0.25) is 0 Å². The van der Waals surface area contributed by atoms with Crippen molar-refractivity contribution >= 4 is 45.1 Å². The summed E-state index contributed by atoms with van der Waals surface area (Å²) in [6.45, 7) is 0. The standard InChI is InChI=1S/C16H11BrN2OS2/c17-14-10-21-16(18-14)12-8-6-11(7-9-12)15(20)19-22-13-4-2-1-3-5-13/h1-10H,(H,19,20). The van der Waals surface area contributed by atoms with E-state index in [0.29, 0.717) is 5.56 Å². The topological polar surface area (TPSA) is 42.0 Å². The largest absolute Gasteiger partial charge is 0.292 e. The lowest BCUT2D eigenvalue weighted by molar-refractivity contribution is 0.0984. The molecule has 0 radical (unpaired) electrons. The van der Waals surface area contributed by atoms with Crippen molar-refractivity contribution < 1.29 is 4.79 Å². The number of hydrogen-bond acceptors (Lipinski definition) is 4. The number of benzene rings is 2. The Morgan fingerprint density at radius 3 is 2.45 bits per heavy atom. The van der Waals surface area contributed by atoms with Gasteiger partial charge in [0.1, 0.15) is 9.61 Å². The monoisotopic (exact) mass is 390 g/mol. The molecule has 22 heavy (non-hydrogen) atoms. The van der Waals surface area contributed by atoms with E-state index in [2.05, 4.69) is 25.6 Å². The van der Waals surface area contributed by atoms with Gasteiger partial charge in [0.25, 0.3) is 5.91 Å². The van der Waals surface area contributed by atoms with Crippen LogP contribution in [-0.4, -0.2) is 10.9 Å². The third-order valence-corrected chi connectivity index (χ3v) is 5.27. The molecule has 110 valence electrons. The summed E-state index contributed by atoms with van der Waals surface area (Å²) in [5, 5.41) is 2.87. The molecular weight excluding hydrogens is 380 g/mol. The fourth-order valence-electron chi connectivity index (χ4n) is 1.80. The average Bonchev–Trinajstić information content (AvgIpc) is 3.00. The fourth-order valence-corrected chi connectivity index (χ4v) is 3.69. The zero-order valence-electron chi connectivity index (χ0n) is 11.3. The van der Waals surface area contributed by atoms with Crippen molar-refractivity contribution in [2.24, 2.45) is 0 Å². The van der Waals surface area contributed by atoms with Crippen LogP contribution < -0.4 is 4.72 Å². The Morgan fingerprint density at radius 1 is 1.09 bits per heavy atom. The Labute approximate surface area is 145 Å². The van der Waals surface area contributed by atoms with Crippen LogP contribution in [0, 0.1) is 0 Å². The summed E-state index contributed by atoms with van der Waals surface area (Å²) in [6, 6.07) is 17.2. The Kier molecular flexibility index (Phi) is 4.92. The Morgan fingerprint density at radius 2 is 1.82 bits per heavy atom. The average molecular weight is 391 g/mol. The zero-order valence-corrected chi connectivity index (χ0v) is 14.5. The number of nitrogens with one attached hydrogen (secondary N) is 1. The van der Waals surface area contributed by atoms with E-state index >= 15 is 0 Å². The lowest BCUT2D eigenvalue weighted by Crippen LogP contribution is -2.15. The molecule has 0 saturated carbocycles. The number of halogens is 1. The normalized spacial score (nSPS) is 10.4. The molecule has 0 unspecified atom stereocenters. The lowest BCUT2D eigenvalue weighted by Gasteiger charge is -2.05. The molecule has 1 amide bonds. The van der Waals surface area contributed by atoms with Crippen molar-refractivity contribution in [3.63, 3.8) is 0 Å². The van der Waals surface area contributed by atoms with E-state index in [9.17, 15) is 4.79 Å². The molecule has 0 fully saturated rings. The Bertz CT molecular complexity index is 772. The number of thiazole rings is 1. The van der Waals surface area contributed by atoms with Crippen molar-refractivity contribution in [2.75, 3.05) is 0 Å². The van der Waals surface area contributed by atoms with Gasteiger partial charge in [-0.15, -0.1) is 11.3 Å². The maximum atomic E-state index is 12.1. The molecular formula is C16H11BrN2OS2. The molecule has 1 aromatic heterocycles. The molecule has 3 nitrogen and oxygen atoms in total. The van der Waals surface area contributed by atoms with Gasteiger partial charge in [0.05, 0.1) is 0 Å². The van der Waals surface area contributed by atoms with Gasteiger partial charge in [0.2, 0.25) is 0 Å². The van der Waals surface area contributed by atoms with Gasteiger partial charge in [-0.2, -0.15) is 0 Å². The van der Waals surface area contributed by atoms with Crippen LogP contribution in [0.15, 0.2) is 69.5 Å². The van der Waals surface area contributed by atoms with E-state index in [1.54, 1.807) is 11.3 Å². The first-order valence-electron chi connectivity index (χ1n) is 6.46. The molecule has 0 atom stereocenters. The highest BCUT2D eigenvalue weighted by atomic mass is 79.9. The van der Waals surface area contributed by atoms with E-state index in [1.807, 2.05) is 60.0 Å². The number of carbonyl (C=O) groups is 1. The molecule has 3 aromatic rings. The second kappa shape index (κ2) is 7.09. The van der Waals surface area contributed by atoms with E-state index in [0.717, 1.165) is 20.1 Å². The van der Waals surface area contributed by atoms with Crippen molar-refractivity contribution in [3.8, 4) is 10.6 Å². The summed E-state index contributed by atoms with van der Waals surface area (Å²) in [5.41, 5.74) is 1.63. The number of aromatic nitrogens is 1. The second-order valence-corrected chi connectivity index (χ2v) is 6.95. The van der Waals surface area contributed by atoms with Gasteiger partial charge in [-0.05, 0) is 52.1 Å². The van der Waals surface area contributed by atoms with Gasteiger partial charge in [-0.25, -0.2) is 4.98 Å². The summed E-state index contributed by atoms with van der Waals surface area (Å²) < 4.78 is 3.66. The highest BCUT2D eigenvalue weighted by molar-refractivity contribution is 9.10. The molecule has 0 bridgehead atoms. The quantitative estimate of drug-likeness (QED) is 0.636. The van der Waals surface area contributed by atoms with Crippen molar-refractivity contribution in [1.29, 1.82) is 0 Å². The number of amides is 1. The third-order valence-electron chi connectivity index (χ3n) is 2.87. The molecule has 1 N–H and O–H groups in total. The summed E-state index contributed by atoms with van der Waals surface area (Å²) in [6.07, 6.45) is 0. The van der Waals surface area contributed by atoms with Crippen molar-refractivity contribution in [1.82, 2.24) is 9.71 Å². The predicted octanol–water partition coefficient (Wildman–Crippen LogP) is 5.01. The highest BCUT2D eigenvalue weighted by Gasteiger charge is 2.08. The highest BCUT2D eigenvalue weighted by Crippen LogP contribution is 2.26. The van der Waals surface area contributed by atoms with Crippen LogP contribution in [0.4, 0.5) is 0 Å². The van der Waals surface area contributed by atoms with E-state index in [-0.39, 0.29) is 5.91 Å². The number of carbonyl (C=O) groups excluding carboxylic acids is 1. The molecule has 0 spiro atoms. The number of hydrogen-bond donors (Lipinski definition) is 1. The van der Waals surface area contributed by atoms with Gasteiger partial charge < -0.3 is 0 Å². The predicted molar refractivity (Wildman–Crippen MR) is 95.0 cm³/mol. The minimum atomic E-state index is -0.110. The molecule has 2 aromatic carbocycles. The van der Waals surface area contributed by atoms with E-state index in [4.69, 9.17) is 0 Å². The van der Waals surface area contributed by atoms with Gasteiger partial charge in [-0.1, -0.05) is 30.3 Å². The second-order valence-electron chi connectivity index (χ2n) is 4.40. The first kappa shape index (κ1) is 15.3. The van der Waals surface area contributed by atoms with Crippen LogP contribution in [0.5, 0.6) is 0 Å². The van der Waals surface area contributed by atoms with E-state index < -0.39 is 0 Å². The van der Waals surface area contributed by atoms with E-state index in [1.165, 1.54) is 11.9 Å². The molecule has 0 aliphatic carbocycles. The van der Waals surface area contributed by atoms with Gasteiger partial charge in [-0.3, -0.25) is 9.52 Å². The van der Waals surface area contributed by atoms with Gasteiger partial charge in [0.15, 0.2) is 0 Å². The van der Waals surface area contributed by atoms with Crippen LogP contribution in [0.1, 0.15) is 10.4 Å². The van der Waals surface area contributed by atoms with Crippen LogP contribution >= 0.6 is 39.2 Å². The lowest BCUT2D eigenvalue weighted by atomic mass is 10.1. The Balaban J connectivity index is 1.66. The van der Waals surface area contributed by atoms with Crippen LogP contribution in [0.25, 0.3) is 10.6 Å². The minimum absolute atomic E-state index is 0.110. The van der Waals surface area contributed by atoms with Crippen molar-refractivity contribution in [2.45, 2.75) is 4.90 Å². The summed E-state index contributed by atoms with van der Waals surface area (Å²) >= 11 is 6.22. The third kappa shape index (κ3) is 3.76. The van der Waals surface area contributed by atoms with Crippen molar-refractivity contribution in [3.05, 3.63) is 70.1 Å². The Hall–Kier alpha value is -1.63. The SMILES string of the molecule is O=C(NSc1ccccc1)c1ccc(-c2nc(Br)cs2)cc1. The fraction of sp³-hybridized carbons (Fsp3) is 0. The van der Waals surface area contributed by atoms with Gasteiger partial charge >= 0.3 is 0 Å².